The van der Waals surface area contributed by atoms with E-state index in [2.05, 4.69) is 4.74 Å². The van der Waals surface area contributed by atoms with Gasteiger partial charge in [0.2, 0.25) is 0 Å². The molecule has 0 aliphatic rings. The van der Waals surface area contributed by atoms with Crippen LogP contribution >= 0.6 is 0 Å². The Kier molecular flexibility index (Phi) is 4.56. The van der Waals surface area contributed by atoms with E-state index in [1.807, 2.05) is 0 Å². The van der Waals surface area contributed by atoms with E-state index < -0.39 is 19.1 Å². The van der Waals surface area contributed by atoms with Gasteiger partial charge in [0, 0.05) is 0 Å². The summed E-state index contributed by atoms with van der Waals surface area (Å²) in [7, 11) is 1.25. The van der Waals surface area contributed by atoms with Crippen molar-refractivity contribution >= 4 is 0 Å². The molecular weight excluding hydrogens is 242 g/mol. The second kappa shape index (κ2) is 5.72. The van der Waals surface area contributed by atoms with Crippen molar-refractivity contribution in [3.63, 3.8) is 0 Å². The van der Waals surface area contributed by atoms with E-state index in [-0.39, 0.29) is 17.1 Å². The first-order chi connectivity index (χ1) is 7.95. The van der Waals surface area contributed by atoms with Gasteiger partial charge in [-0.05, 0) is 17.7 Å². The number of methoxy groups -OCH3 is 1. The van der Waals surface area contributed by atoms with E-state index in [9.17, 15) is 17.6 Å². The molecule has 17 heavy (non-hydrogen) atoms. The Balaban J connectivity index is 3.03. The molecule has 2 N–H and O–H groups in total. The molecule has 0 saturated carbocycles. The highest BCUT2D eigenvalue weighted by Gasteiger charge is 2.20. The molecule has 0 saturated heterocycles. The van der Waals surface area contributed by atoms with Crippen LogP contribution in [-0.4, -0.2) is 20.1 Å². The Morgan fingerprint density at radius 3 is 2.24 bits per heavy atom. The molecule has 0 radical (unpaired) electrons. The molecular formula is C10H11F4NO2. The summed E-state index contributed by atoms with van der Waals surface area (Å²) in [5, 5.41) is 0. The average molecular weight is 253 g/mol. The van der Waals surface area contributed by atoms with Crippen LogP contribution in [0.1, 0.15) is 11.6 Å². The van der Waals surface area contributed by atoms with Gasteiger partial charge in [-0.15, -0.1) is 0 Å². The van der Waals surface area contributed by atoms with Crippen LogP contribution in [0.3, 0.4) is 0 Å². The number of nitrogens with two attached hydrogens (primary N) is 1. The van der Waals surface area contributed by atoms with Crippen LogP contribution in [0.4, 0.5) is 17.6 Å². The number of benzene rings is 1. The lowest BCUT2D eigenvalue weighted by Crippen LogP contribution is -2.19. The normalized spacial score (nSPS) is 12.9. The lowest BCUT2D eigenvalue weighted by atomic mass is 10.1. The molecule has 96 valence electrons. The van der Waals surface area contributed by atoms with Crippen molar-refractivity contribution in [2.75, 3.05) is 7.11 Å². The predicted molar refractivity (Wildman–Crippen MR) is 52.6 cm³/mol. The minimum absolute atomic E-state index is 0.00329. The summed E-state index contributed by atoms with van der Waals surface area (Å²) in [4.78, 5) is 0. The molecule has 0 bridgehead atoms. The number of halogens is 4. The van der Waals surface area contributed by atoms with Gasteiger partial charge in [0.15, 0.2) is 11.5 Å². The van der Waals surface area contributed by atoms with Crippen LogP contribution in [0, 0.1) is 0 Å². The Labute approximate surface area is 95.1 Å². The standard InChI is InChI=1S/C10H11F4NO2/c1-16-6-3-2-5(8(15)9(11)12)4-7(6)17-10(13)14/h2-4,8-10H,15H2,1H3. The first kappa shape index (κ1) is 13.6. The first-order valence-corrected chi connectivity index (χ1v) is 4.62. The third-order valence-corrected chi connectivity index (χ3v) is 2.06. The zero-order valence-electron chi connectivity index (χ0n) is 8.87. The molecule has 0 aromatic heterocycles. The van der Waals surface area contributed by atoms with Crippen molar-refractivity contribution < 1.29 is 27.0 Å². The molecule has 1 aromatic carbocycles. The van der Waals surface area contributed by atoms with Crippen LogP contribution in [0.2, 0.25) is 0 Å². The van der Waals surface area contributed by atoms with Gasteiger partial charge in [-0.3, -0.25) is 0 Å². The Hall–Kier alpha value is -1.50. The SMILES string of the molecule is COc1ccc(C(N)C(F)F)cc1OC(F)F. The van der Waals surface area contributed by atoms with Crippen molar-refractivity contribution in [1.29, 1.82) is 0 Å². The Morgan fingerprint density at radius 2 is 1.76 bits per heavy atom. The lowest BCUT2D eigenvalue weighted by Gasteiger charge is -2.15. The summed E-state index contributed by atoms with van der Waals surface area (Å²) in [5.74, 6) is -0.299. The van der Waals surface area contributed by atoms with Crippen LogP contribution in [-0.2, 0) is 0 Å². The number of hydrogen-bond donors (Lipinski definition) is 1. The number of rotatable bonds is 5. The molecule has 0 fully saturated rings. The molecule has 7 heteroatoms. The monoisotopic (exact) mass is 253 g/mol. The quantitative estimate of drug-likeness (QED) is 0.820. The zero-order chi connectivity index (χ0) is 13.0. The van der Waals surface area contributed by atoms with Crippen molar-refractivity contribution in [2.24, 2.45) is 5.73 Å². The zero-order valence-corrected chi connectivity index (χ0v) is 8.87. The van der Waals surface area contributed by atoms with Crippen LogP contribution in [0.15, 0.2) is 18.2 Å². The van der Waals surface area contributed by atoms with Gasteiger partial charge in [0.25, 0.3) is 6.43 Å². The summed E-state index contributed by atoms with van der Waals surface area (Å²) >= 11 is 0. The van der Waals surface area contributed by atoms with Crippen molar-refractivity contribution in [2.45, 2.75) is 19.1 Å². The van der Waals surface area contributed by atoms with Crippen molar-refractivity contribution in [3.05, 3.63) is 23.8 Å². The van der Waals surface area contributed by atoms with E-state index in [1.54, 1.807) is 0 Å². The second-order valence-electron chi connectivity index (χ2n) is 3.15. The third-order valence-electron chi connectivity index (χ3n) is 2.06. The molecule has 1 atom stereocenters. The summed E-state index contributed by atoms with van der Waals surface area (Å²) in [6, 6.07) is 1.98. The van der Waals surface area contributed by atoms with E-state index in [0.29, 0.717) is 0 Å². The van der Waals surface area contributed by atoms with Crippen molar-refractivity contribution in [1.82, 2.24) is 0 Å². The highest BCUT2D eigenvalue weighted by Crippen LogP contribution is 2.32. The van der Waals surface area contributed by atoms with Gasteiger partial charge < -0.3 is 15.2 Å². The fourth-order valence-corrected chi connectivity index (χ4v) is 1.23. The van der Waals surface area contributed by atoms with Gasteiger partial charge in [0.1, 0.15) is 0 Å². The third kappa shape index (κ3) is 3.48. The van der Waals surface area contributed by atoms with Crippen LogP contribution in [0.5, 0.6) is 11.5 Å². The van der Waals surface area contributed by atoms with E-state index >= 15 is 0 Å². The topological polar surface area (TPSA) is 44.5 Å². The van der Waals surface area contributed by atoms with Gasteiger partial charge in [0.05, 0.1) is 13.2 Å². The highest BCUT2D eigenvalue weighted by molar-refractivity contribution is 5.44. The second-order valence-corrected chi connectivity index (χ2v) is 3.15. The van der Waals surface area contributed by atoms with E-state index in [0.717, 1.165) is 6.07 Å². The fourth-order valence-electron chi connectivity index (χ4n) is 1.23. The molecule has 0 amide bonds. The molecule has 0 spiro atoms. The summed E-state index contributed by atoms with van der Waals surface area (Å²) in [6.07, 6.45) is -2.79. The number of ether oxygens (including phenoxy) is 2. The smallest absolute Gasteiger partial charge is 0.387 e. The van der Waals surface area contributed by atoms with Crippen LogP contribution < -0.4 is 15.2 Å². The van der Waals surface area contributed by atoms with Gasteiger partial charge in [-0.1, -0.05) is 6.07 Å². The fraction of sp³-hybridized carbons (Fsp3) is 0.400. The van der Waals surface area contributed by atoms with Gasteiger partial charge in [-0.2, -0.15) is 8.78 Å². The maximum atomic E-state index is 12.3. The highest BCUT2D eigenvalue weighted by atomic mass is 19.3. The number of hydrogen-bond acceptors (Lipinski definition) is 3. The van der Waals surface area contributed by atoms with E-state index in [4.69, 9.17) is 10.5 Å². The molecule has 1 rings (SSSR count). The molecule has 0 heterocycles. The minimum Gasteiger partial charge on any atom is -0.493 e. The number of alkyl halides is 4. The Bertz CT molecular complexity index is 373. The molecule has 1 aromatic rings. The lowest BCUT2D eigenvalue weighted by molar-refractivity contribution is -0.0512. The summed E-state index contributed by atoms with van der Waals surface area (Å²) in [5.41, 5.74) is 5.19. The minimum atomic E-state index is -3.07. The summed E-state index contributed by atoms with van der Waals surface area (Å²) in [6.45, 7) is -3.07. The molecule has 0 aliphatic carbocycles. The maximum Gasteiger partial charge on any atom is 0.387 e. The molecule has 0 aliphatic heterocycles. The van der Waals surface area contributed by atoms with Gasteiger partial charge >= 0.3 is 6.61 Å². The summed E-state index contributed by atoms with van der Waals surface area (Å²) < 4.78 is 57.7. The van der Waals surface area contributed by atoms with Crippen molar-refractivity contribution in [3.8, 4) is 11.5 Å². The average Bonchev–Trinajstić information content (AvgIpc) is 2.27. The molecule has 3 nitrogen and oxygen atoms in total. The largest absolute Gasteiger partial charge is 0.493 e. The predicted octanol–water partition coefficient (Wildman–Crippen LogP) is 2.56. The first-order valence-electron chi connectivity index (χ1n) is 4.62. The van der Waals surface area contributed by atoms with Crippen LogP contribution in [0.25, 0.3) is 0 Å². The molecule has 1 unspecified atom stereocenters. The Morgan fingerprint density at radius 1 is 1.12 bits per heavy atom. The van der Waals surface area contributed by atoms with E-state index in [1.165, 1.54) is 19.2 Å². The van der Waals surface area contributed by atoms with Gasteiger partial charge in [-0.25, -0.2) is 8.78 Å². The maximum absolute atomic E-state index is 12.3.